The van der Waals surface area contributed by atoms with Crippen LogP contribution in [0.3, 0.4) is 0 Å². The summed E-state index contributed by atoms with van der Waals surface area (Å²) in [6, 6.07) is 11.3. The molecule has 0 aliphatic carbocycles. The second kappa shape index (κ2) is 9.67. The summed E-state index contributed by atoms with van der Waals surface area (Å²) >= 11 is 0. The van der Waals surface area contributed by atoms with Crippen LogP contribution in [0, 0.1) is 6.92 Å². The Labute approximate surface area is 171 Å². The number of carbonyl (C=O) groups is 2. The van der Waals surface area contributed by atoms with E-state index in [-0.39, 0.29) is 17.3 Å². The summed E-state index contributed by atoms with van der Waals surface area (Å²) in [5.74, 6) is -0.0151. The maximum Gasteiger partial charge on any atom is 0.262 e. The quantitative estimate of drug-likeness (QED) is 0.631. The molecule has 0 atom stereocenters. The van der Waals surface area contributed by atoms with Crippen LogP contribution in [-0.2, 0) is 14.8 Å². The predicted octanol–water partition coefficient (Wildman–Crippen LogP) is 3.25. The molecule has 0 heterocycles. The zero-order chi connectivity index (χ0) is 21.6. The first-order chi connectivity index (χ1) is 13.7. The zero-order valence-electron chi connectivity index (χ0n) is 17.1. The lowest BCUT2D eigenvalue weighted by atomic mass is 10.1. The number of aryl methyl sites for hydroxylation is 1. The van der Waals surface area contributed by atoms with Crippen LogP contribution in [-0.4, -0.2) is 44.1 Å². The van der Waals surface area contributed by atoms with E-state index < -0.39 is 15.9 Å². The minimum Gasteiger partial charge on any atom is -0.484 e. The lowest BCUT2D eigenvalue weighted by Gasteiger charge is -2.20. The molecule has 0 aliphatic rings. The number of amides is 1. The van der Waals surface area contributed by atoms with Crippen LogP contribution < -0.4 is 10.1 Å². The Bertz CT molecular complexity index is 981. The van der Waals surface area contributed by atoms with E-state index in [9.17, 15) is 18.0 Å². The number of sulfonamides is 1. The molecule has 0 spiro atoms. The molecule has 1 amide bonds. The zero-order valence-corrected chi connectivity index (χ0v) is 17.9. The molecule has 2 aromatic carbocycles. The summed E-state index contributed by atoms with van der Waals surface area (Å²) in [4.78, 5) is 23.6. The lowest BCUT2D eigenvalue weighted by Crippen LogP contribution is -2.31. The van der Waals surface area contributed by atoms with Crippen molar-refractivity contribution in [1.82, 2.24) is 4.31 Å². The molecule has 0 unspecified atom stereocenters. The first-order valence-electron chi connectivity index (χ1n) is 9.33. The van der Waals surface area contributed by atoms with E-state index in [2.05, 4.69) is 5.32 Å². The number of ketones is 1. The van der Waals surface area contributed by atoms with E-state index in [1.54, 1.807) is 57.2 Å². The van der Waals surface area contributed by atoms with Crippen molar-refractivity contribution in [2.75, 3.05) is 25.0 Å². The van der Waals surface area contributed by atoms with Gasteiger partial charge in [0.05, 0.1) is 4.90 Å². The normalized spacial score (nSPS) is 11.3. The molecule has 0 aliphatic heterocycles. The molecule has 1 N–H and O–H groups in total. The van der Waals surface area contributed by atoms with Crippen molar-refractivity contribution in [2.24, 2.45) is 0 Å². The van der Waals surface area contributed by atoms with Crippen LogP contribution in [0.15, 0.2) is 47.4 Å². The number of ether oxygens (including phenoxy) is 1. The van der Waals surface area contributed by atoms with Gasteiger partial charge >= 0.3 is 0 Å². The Morgan fingerprint density at radius 1 is 1.03 bits per heavy atom. The molecule has 0 fully saturated rings. The van der Waals surface area contributed by atoms with Gasteiger partial charge in [-0.1, -0.05) is 19.9 Å². The minimum atomic E-state index is -3.63. The van der Waals surface area contributed by atoms with Crippen LogP contribution in [0.1, 0.15) is 36.7 Å². The van der Waals surface area contributed by atoms with Gasteiger partial charge in [0.1, 0.15) is 5.75 Å². The fraction of sp³-hybridized carbons (Fsp3) is 0.333. The van der Waals surface area contributed by atoms with Gasteiger partial charge in [-0.25, -0.2) is 8.42 Å². The van der Waals surface area contributed by atoms with E-state index in [4.69, 9.17) is 4.74 Å². The average molecular weight is 419 g/mol. The highest BCUT2D eigenvalue weighted by Gasteiger charge is 2.24. The van der Waals surface area contributed by atoms with Gasteiger partial charge in [-0.3, -0.25) is 9.59 Å². The second-order valence-electron chi connectivity index (χ2n) is 6.49. The third-order valence-corrected chi connectivity index (χ3v) is 6.62. The topological polar surface area (TPSA) is 92.8 Å². The molecule has 0 aromatic heterocycles. The van der Waals surface area contributed by atoms with Gasteiger partial charge in [-0.2, -0.15) is 4.31 Å². The van der Waals surface area contributed by atoms with Crippen molar-refractivity contribution < 1.29 is 22.7 Å². The number of hydrogen-bond acceptors (Lipinski definition) is 5. The number of nitrogens with zero attached hydrogens (tertiary/aromatic N) is 1. The molecule has 8 heteroatoms. The molecule has 0 saturated carbocycles. The summed E-state index contributed by atoms with van der Waals surface area (Å²) in [6.07, 6.45) is 0. The number of anilines is 1. The monoisotopic (exact) mass is 418 g/mol. The largest absolute Gasteiger partial charge is 0.484 e. The van der Waals surface area contributed by atoms with Gasteiger partial charge in [-0.05, 0) is 55.8 Å². The molecule has 2 rings (SSSR count). The van der Waals surface area contributed by atoms with E-state index in [1.165, 1.54) is 17.3 Å². The highest BCUT2D eigenvalue weighted by atomic mass is 32.2. The fourth-order valence-electron chi connectivity index (χ4n) is 2.79. The lowest BCUT2D eigenvalue weighted by molar-refractivity contribution is -0.118. The summed E-state index contributed by atoms with van der Waals surface area (Å²) in [6.45, 7) is 7.24. The van der Waals surface area contributed by atoms with Gasteiger partial charge in [0.25, 0.3) is 5.91 Å². The van der Waals surface area contributed by atoms with Crippen molar-refractivity contribution in [3.05, 3.63) is 53.6 Å². The Hall–Kier alpha value is -2.71. The van der Waals surface area contributed by atoms with Crippen LogP contribution in [0.2, 0.25) is 0 Å². The second-order valence-corrected chi connectivity index (χ2v) is 8.39. The van der Waals surface area contributed by atoms with E-state index in [1.807, 2.05) is 0 Å². The summed E-state index contributed by atoms with van der Waals surface area (Å²) in [7, 11) is -3.63. The predicted molar refractivity (Wildman–Crippen MR) is 112 cm³/mol. The molecule has 7 nitrogen and oxygen atoms in total. The Morgan fingerprint density at radius 2 is 1.66 bits per heavy atom. The van der Waals surface area contributed by atoms with E-state index >= 15 is 0 Å². The molecule has 156 valence electrons. The maximum atomic E-state index is 12.8. The minimum absolute atomic E-state index is 0.0517. The maximum absolute atomic E-state index is 12.8. The number of hydrogen-bond donors (Lipinski definition) is 1. The average Bonchev–Trinajstić information content (AvgIpc) is 2.68. The summed E-state index contributed by atoms with van der Waals surface area (Å²) < 4.78 is 32.4. The molecule has 0 bridgehead atoms. The van der Waals surface area contributed by atoms with Gasteiger partial charge in [0.15, 0.2) is 12.4 Å². The first-order valence-corrected chi connectivity index (χ1v) is 10.8. The molecule has 0 radical (unpaired) electrons. The van der Waals surface area contributed by atoms with Crippen LogP contribution in [0.4, 0.5) is 5.69 Å². The standard InChI is InChI=1S/C21H26N2O5S/c1-5-23(6-2)29(26,27)20-13-18(10-7-15(20)3)22-21(25)14-28-19-11-8-17(9-12-19)16(4)24/h7-13H,5-6,14H2,1-4H3,(H,22,25). The van der Waals surface area contributed by atoms with E-state index in [0.717, 1.165) is 0 Å². The van der Waals surface area contributed by atoms with Crippen LogP contribution in [0.5, 0.6) is 5.75 Å². The number of benzene rings is 2. The smallest absolute Gasteiger partial charge is 0.262 e. The molecule has 29 heavy (non-hydrogen) atoms. The molecule has 2 aromatic rings. The van der Waals surface area contributed by atoms with Crippen molar-refractivity contribution >= 4 is 27.4 Å². The fourth-order valence-corrected chi connectivity index (χ4v) is 4.50. The highest BCUT2D eigenvalue weighted by molar-refractivity contribution is 7.89. The number of Topliss-reactive ketones (excluding diaryl/α,β-unsaturated/α-hetero) is 1. The van der Waals surface area contributed by atoms with Crippen LogP contribution >= 0.6 is 0 Å². The molecule has 0 saturated heterocycles. The van der Waals surface area contributed by atoms with Crippen molar-refractivity contribution in [2.45, 2.75) is 32.6 Å². The van der Waals surface area contributed by atoms with Crippen molar-refractivity contribution in [3.8, 4) is 5.75 Å². The first kappa shape index (κ1) is 22.6. The number of rotatable bonds is 9. The van der Waals surface area contributed by atoms with Crippen molar-refractivity contribution in [1.29, 1.82) is 0 Å². The third-order valence-electron chi connectivity index (χ3n) is 4.43. The Kier molecular flexibility index (Phi) is 7.53. The summed E-state index contributed by atoms with van der Waals surface area (Å²) in [5, 5.41) is 2.66. The van der Waals surface area contributed by atoms with Crippen molar-refractivity contribution in [3.63, 3.8) is 0 Å². The molecular formula is C21H26N2O5S. The third kappa shape index (κ3) is 5.65. The van der Waals surface area contributed by atoms with Gasteiger partial charge in [0, 0.05) is 24.3 Å². The van der Waals surface area contributed by atoms with Gasteiger partial charge in [0.2, 0.25) is 10.0 Å². The molecular weight excluding hydrogens is 392 g/mol. The van der Waals surface area contributed by atoms with Crippen LogP contribution in [0.25, 0.3) is 0 Å². The summed E-state index contributed by atoms with van der Waals surface area (Å²) in [5.41, 5.74) is 1.54. The Balaban J connectivity index is 2.08. The number of nitrogens with one attached hydrogen (secondary N) is 1. The van der Waals surface area contributed by atoms with E-state index in [0.29, 0.717) is 35.7 Å². The Morgan fingerprint density at radius 3 is 2.21 bits per heavy atom. The highest BCUT2D eigenvalue weighted by Crippen LogP contribution is 2.23. The van der Waals surface area contributed by atoms with Gasteiger partial charge < -0.3 is 10.1 Å². The van der Waals surface area contributed by atoms with Gasteiger partial charge in [-0.15, -0.1) is 0 Å². The number of carbonyl (C=O) groups excluding carboxylic acids is 2. The SMILES string of the molecule is CCN(CC)S(=O)(=O)c1cc(NC(=O)COc2ccc(C(C)=O)cc2)ccc1C.